The van der Waals surface area contributed by atoms with E-state index in [9.17, 15) is 4.79 Å². The van der Waals surface area contributed by atoms with Gasteiger partial charge < -0.3 is 14.5 Å². The van der Waals surface area contributed by atoms with E-state index in [1.165, 1.54) is 11.1 Å². The van der Waals surface area contributed by atoms with Crippen LogP contribution in [0.5, 0.6) is 0 Å². The number of allylic oxidation sites excluding steroid dienone is 4. The molecule has 3 aliphatic heterocycles. The van der Waals surface area contributed by atoms with Gasteiger partial charge in [-0.3, -0.25) is 9.89 Å². The van der Waals surface area contributed by atoms with Crippen LogP contribution < -0.4 is 0 Å². The van der Waals surface area contributed by atoms with Gasteiger partial charge in [-0.25, -0.2) is 4.79 Å². The van der Waals surface area contributed by atoms with Gasteiger partial charge in [-0.2, -0.15) is 0 Å². The molecule has 6 nitrogen and oxygen atoms in total. The summed E-state index contributed by atoms with van der Waals surface area (Å²) in [7, 11) is 2.19. The number of carbonyl (C=O) groups is 1. The maximum atomic E-state index is 12.3. The lowest BCUT2D eigenvalue weighted by molar-refractivity contribution is 0.0975. The van der Waals surface area contributed by atoms with Crippen molar-refractivity contribution in [1.82, 2.24) is 14.7 Å². The van der Waals surface area contributed by atoms with E-state index in [1.807, 2.05) is 26.0 Å². The summed E-state index contributed by atoms with van der Waals surface area (Å²) >= 11 is 0. The minimum atomic E-state index is -0.259. The maximum Gasteiger partial charge on any atom is 0.410 e. The highest BCUT2D eigenvalue weighted by atomic mass is 16.6. The number of aliphatic imine (C=N–C) groups is 1. The maximum absolute atomic E-state index is 12.3. The Labute approximate surface area is 216 Å². The van der Waals surface area contributed by atoms with Crippen LogP contribution in [0.2, 0.25) is 0 Å². The van der Waals surface area contributed by atoms with Crippen molar-refractivity contribution in [2.45, 2.75) is 45.0 Å². The highest BCUT2D eigenvalue weighted by Crippen LogP contribution is 2.53. The Kier molecular flexibility index (Phi) is 8.27. The molecular formula is C30H40N4O2. The van der Waals surface area contributed by atoms with Crippen LogP contribution in [-0.2, 0) is 11.3 Å². The first-order chi connectivity index (χ1) is 17.5. The standard InChI is InChI=1S/C28H34N4O2.C2H6/c1-4-5-6-21(2)15-26-20-31(27(33)34-26)19-22-7-9-23(10-8-22)24-16-25-17-28(25,29-18-24)32-13-11-30(3)12-14-32;1-2/h4-10,16,18,25-26H,1-2,11-15,17,19-20H2,3H3;1-2H3/b6-5-;. The third-order valence-electron chi connectivity index (χ3n) is 7.38. The minimum absolute atomic E-state index is 0.0180. The molecule has 0 N–H and O–H groups in total. The second-order valence-corrected chi connectivity index (χ2v) is 9.90. The Morgan fingerprint density at radius 1 is 1.19 bits per heavy atom. The number of hydrogen-bond acceptors (Lipinski definition) is 5. The zero-order chi connectivity index (χ0) is 25.7. The van der Waals surface area contributed by atoms with Crippen molar-refractivity contribution in [3.8, 4) is 0 Å². The molecule has 1 saturated carbocycles. The Morgan fingerprint density at radius 2 is 1.92 bits per heavy atom. The monoisotopic (exact) mass is 488 g/mol. The van der Waals surface area contributed by atoms with Gasteiger partial charge >= 0.3 is 6.09 Å². The van der Waals surface area contributed by atoms with E-state index in [-0.39, 0.29) is 17.9 Å². The number of amides is 1. The number of ether oxygens (including phenoxy) is 1. The Hall–Kier alpha value is -2.96. The van der Waals surface area contributed by atoms with E-state index in [1.54, 1.807) is 11.0 Å². The largest absolute Gasteiger partial charge is 0.444 e. The highest BCUT2D eigenvalue weighted by molar-refractivity contribution is 6.11. The van der Waals surface area contributed by atoms with E-state index in [2.05, 4.69) is 66.6 Å². The summed E-state index contributed by atoms with van der Waals surface area (Å²) in [5.41, 5.74) is 4.42. The predicted molar refractivity (Wildman–Crippen MR) is 148 cm³/mol. The third-order valence-corrected chi connectivity index (χ3v) is 7.38. The first-order valence-electron chi connectivity index (χ1n) is 13.2. The number of hydrogen-bond donors (Lipinski definition) is 0. The average Bonchev–Trinajstić information content (AvgIpc) is 3.54. The molecule has 5 rings (SSSR count). The minimum Gasteiger partial charge on any atom is -0.444 e. The summed E-state index contributed by atoms with van der Waals surface area (Å²) in [5.74, 6) is 0.517. The Morgan fingerprint density at radius 3 is 2.58 bits per heavy atom. The predicted octanol–water partition coefficient (Wildman–Crippen LogP) is 5.15. The van der Waals surface area contributed by atoms with Gasteiger partial charge in [-0.15, -0.1) is 0 Å². The topological polar surface area (TPSA) is 48.4 Å². The molecule has 3 atom stereocenters. The van der Waals surface area contributed by atoms with Gasteiger partial charge in [0.1, 0.15) is 11.8 Å². The van der Waals surface area contributed by atoms with Crippen molar-refractivity contribution >= 4 is 17.9 Å². The molecule has 2 saturated heterocycles. The van der Waals surface area contributed by atoms with Crippen molar-refractivity contribution in [3.05, 3.63) is 78.4 Å². The molecule has 192 valence electrons. The summed E-state index contributed by atoms with van der Waals surface area (Å²) in [6.07, 6.45) is 11.3. The second-order valence-electron chi connectivity index (χ2n) is 9.90. The number of rotatable bonds is 8. The molecular weight excluding hydrogens is 448 g/mol. The lowest BCUT2D eigenvalue weighted by Crippen LogP contribution is -2.50. The normalized spacial score (nSPS) is 27.7. The van der Waals surface area contributed by atoms with Crippen LogP contribution in [0.4, 0.5) is 4.79 Å². The molecule has 36 heavy (non-hydrogen) atoms. The quantitative estimate of drug-likeness (QED) is 0.475. The van der Waals surface area contributed by atoms with Crippen LogP contribution in [0.15, 0.2) is 72.3 Å². The van der Waals surface area contributed by atoms with Crippen molar-refractivity contribution in [3.63, 3.8) is 0 Å². The second kappa shape index (κ2) is 11.4. The van der Waals surface area contributed by atoms with E-state index < -0.39 is 0 Å². The molecule has 0 spiro atoms. The van der Waals surface area contributed by atoms with Crippen molar-refractivity contribution in [2.24, 2.45) is 10.9 Å². The summed E-state index contributed by atoms with van der Waals surface area (Å²) in [6.45, 7) is 17.3. The smallest absolute Gasteiger partial charge is 0.410 e. The van der Waals surface area contributed by atoms with Gasteiger partial charge in [0.05, 0.1) is 6.54 Å². The van der Waals surface area contributed by atoms with Gasteiger partial charge in [0, 0.05) is 51.3 Å². The fourth-order valence-electron chi connectivity index (χ4n) is 5.25. The number of cyclic esters (lactones) is 1. The van der Waals surface area contributed by atoms with Crippen molar-refractivity contribution in [1.29, 1.82) is 0 Å². The van der Waals surface area contributed by atoms with Crippen LogP contribution in [-0.4, -0.2) is 78.5 Å². The molecule has 1 aromatic rings. The van der Waals surface area contributed by atoms with Crippen LogP contribution in [0.25, 0.3) is 5.57 Å². The van der Waals surface area contributed by atoms with Gasteiger partial charge in [-0.05, 0) is 30.2 Å². The molecule has 0 bridgehead atoms. The number of nitrogens with zero attached hydrogens (tertiary/aromatic N) is 4. The van der Waals surface area contributed by atoms with E-state index in [0.29, 0.717) is 25.4 Å². The molecule has 0 radical (unpaired) electrons. The number of piperazine rings is 1. The van der Waals surface area contributed by atoms with Gasteiger partial charge in [0.25, 0.3) is 0 Å². The lowest BCUT2D eigenvalue weighted by atomic mass is 10.0. The molecule has 3 heterocycles. The zero-order valence-corrected chi connectivity index (χ0v) is 22.0. The molecule has 1 aliphatic carbocycles. The first kappa shape index (κ1) is 26.1. The van der Waals surface area contributed by atoms with E-state index in [0.717, 1.165) is 43.7 Å². The number of benzene rings is 1. The Bertz CT molecular complexity index is 1050. The average molecular weight is 489 g/mol. The van der Waals surface area contributed by atoms with Gasteiger partial charge in [0.15, 0.2) is 0 Å². The van der Waals surface area contributed by atoms with Crippen LogP contribution in [0, 0.1) is 5.92 Å². The number of fused-ring (bicyclic) bond motifs is 1. The van der Waals surface area contributed by atoms with Crippen LogP contribution in [0.3, 0.4) is 0 Å². The number of likely N-dealkylation sites (N-methyl/N-ethyl adjacent to an activating group) is 1. The van der Waals surface area contributed by atoms with Gasteiger partial charge in [0.2, 0.25) is 0 Å². The molecule has 3 fully saturated rings. The number of dihydropyridines is 1. The highest BCUT2D eigenvalue weighted by Gasteiger charge is 2.58. The number of carbonyl (C=O) groups excluding carboxylic acids is 1. The van der Waals surface area contributed by atoms with Crippen molar-refractivity contribution in [2.75, 3.05) is 39.8 Å². The van der Waals surface area contributed by atoms with E-state index >= 15 is 0 Å². The van der Waals surface area contributed by atoms with Crippen LogP contribution >= 0.6 is 0 Å². The fourth-order valence-corrected chi connectivity index (χ4v) is 5.25. The Balaban J connectivity index is 0.00000148. The van der Waals surface area contributed by atoms with E-state index in [4.69, 9.17) is 9.73 Å². The molecule has 3 unspecified atom stereocenters. The zero-order valence-electron chi connectivity index (χ0n) is 22.0. The van der Waals surface area contributed by atoms with Crippen molar-refractivity contribution < 1.29 is 9.53 Å². The molecule has 6 heteroatoms. The molecule has 1 amide bonds. The third kappa shape index (κ3) is 5.71. The molecule has 1 aromatic carbocycles. The lowest BCUT2D eigenvalue weighted by Gasteiger charge is -2.37. The van der Waals surface area contributed by atoms with Gasteiger partial charge in [-0.1, -0.05) is 81.1 Å². The first-order valence-corrected chi connectivity index (χ1v) is 13.2. The molecule has 0 aromatic heterocycles. The molecule has 4 aliphatic rings. The summed E-state index contributed by atoms with van der Waals surface area (Å²) in [5, 5.41) is 0. The summed E-state index contributed by atoms with van der Waals surface area (Å²) in [6, 6.07) is 8.48. The SMILES string of the molecule is C=C/C=C\C(=C)CC1CN(Cc2ccc(C3=CC4CC4(N4CCN(C)CC4)N=C3)cc2)C(=O)O1.CC. The summed E-state index contributed by atoms with van der Waals surface area (Å²) in [4.78, 5) is 24.1. The summed E-state index contributed by atoms with van der Waals surface area (Å²) < 4.78 is 5.53. The fraction of sp³-hybridized carbons (Fsp3) is 0.467. The van der Waals surface area contributed by atoms with Crippen LogP contribution in [0.1, 0.15) is 37.8 Å².